The molecule has 1 saturated heterocycles. The van der Waals surface area contributed by atoms with E-state index in [0.717, 1.165) is 12.3 Å². The SMILES string of the molecule is CNC1CCN(Cc2c(C)cccc2OC)CC1. The van der Waals surface area contributed by atoms with Crippen LogP contribution in [0.15, 0.2) is 18.2 Å². The molecule has 0 aliphatic carbocycles. The zero-order valence-corrected chi connectivity index (χ0v) is 11.7. The lowest BCUT2D eigenvalue weighted by atomic mass is 10.0. The Morgan fingerprint density at radius 2 is 2.06 bits per heavy atom. The summed E-state index contributed by atoms with van der Waals surface area (Å²) in [5, 5.41) is 3.37. The first-order valence-corrected chi connectivity index (χ1v) is 6.76. The number of methoxy groups -OCH3 is 1. The third-order valence-corrected chi connectivity index (χ3v) is 3.96. The number of nitrogens with one attached hydrogen (secondary N) is 1. The van der Waals surface area contributed by atoms with E-state index in [1.54, 1.807) is 7.11 Å². The molecule has 1 aliphatic heterocycles. The Labute approximate surface area is 110 Å². The number of benzene rings is 1. The van der Waals surface area contributed by atoms with Crippen molar-refractivity contribution in [1.29, 1.82) is 0 Å². The summed E-state index contributed by atoms with van der Waals surface area (Å²) in [7, 11) is 3.82. The highest BCUT2D eigenvalue weighted by atomic mass is 16.5. The van der Waals surface area contributed by atoms with Gasteiger partial charge < -0.3 is 10.1 Å². The van der Waals surface area contributed by atoms with Crippen molar-refractivity contribution in [3.63, 3.8) is 0 Å². The van der Waals surface area contributed by atoms with Gasteiger partial charge in [-0.1, -0.05) is 12.1 Å². The number of likely N-dealkylation sites (tertiary alicyclic amines) is 1. The van der Waals surface area contributed by atoms with E-state index in [-0.39, 0.29) is 0 Å². The van der Waals surface area contributed by atoms with Crippen LogP contribution in [0.4, 0.5) is 0 Å². The topological polar surface area (TPSA) is 24.5 Å². The molecule has 3 nitrogen and oxygen atoms in total. The van der Waals surface area contributed by atoms with Gasteiger partial charge in [-0.2, -0.15) is 0 Å². The van der Waals surface area contributed by atoms with Crippen LogP contribution < -0.4 is 10.1 Å². The van der Waals surface area contributed by atoms with Crippen LogP contribution in [0.3, 0.4) is 0 Å². The zero-order valence-electron chi connectivity index (χ0n) is 11.7. The molecule has 0 bridgehead atoms. The van der Waals surface area contributed by atoms with Crippen LogP contribution in [0.1, 0.15) is 24.0 Å². The van der Waals surface area contributed by atoms with Crippen molar-refractivity contribution in [2.45, 2.75) is 32.4 Å². The first kappa shape index (κ1) is 13.4. The number of nitrogens with zero attached hydrogens (tertiary/aromatic N) is 1. The van der Waals surface area contributed by atoms with E-state index in [9.17, 15) is 0 Å². The molecule has 3 heteroatoms. The molecule has 1 N–H and O–H groups in total. The highest BCUT2D eigenvalue weighted by molar-refractivity contribution is 5.39. The summed E-state index contributed by atoms with van der Waals surface area (Å²) in [4.78, 5) is 2.53. The van der Waals surface area contributed by atoms with Crippen LogP contribution >= 0.6 is 0 Å². The molecule has 18 heavy (non-hydrogen) atoms. The van der Waals surface area contributed by atoms with Gasteiger partial charge in [-0.05, 0) is 51.5 Å². The smallest absolute Gasteiger partial charge is 0.123 e. The Morgan fingerprint density at radius 3 is 2.67 bits per heavy atom. The Morgan fingerprint density at radius 1 is 1.33 bits per heavy atom. The Balaban J connectivity index is 2.02. The maximum Gasteiger partial charge on any atom is 0.123 e. The van der Waals surface area contributed by atoms with E-state index in [1.807, 2.05) is 0 Å². The molecule has 0 radical (unpaired) electrons. The van der Waals surface area contributed by atoms with Crippen LogP contribution in [0.25, 0.3) is 0 Å². The molecule has 0 amide bonds. The lowest BCUT2D eigenvalue weighted by molar-refractivity contribution is 0.192. The maximum absolute atomic E-state index is 5.47. The predicted molar refractivity (Wildman–Crippen MR) is 75.1 cm³/mol. The number of piperidine rings is 1. The van der Waals surface area contributed by atoms with Gasteiger partial charge in [-0.15, -0.1) is 0 Å². The number of hydrogen-bond donors (Lipinski definition) is 1. The van der Waals surface area contributed by atoms with Gasteiger partial charge in [0.05, 0.1) is 7.11 Å². The van der Waals surface area contributed by atoms with Crippen molar-refractivity contribution in [3.05, 3.63) is 29.3 Å². The minimum atomic E-state index is 0.694. The quantitative estimate of drug-likeness (QED) is 0.884. The maximum atomic E-state index is 5.47. The highest BCUT2D eigenvalue weighted by Crippen LogP contribution is 2.24. The van der Waals surface area contributed by atoms with Crippen LogP contribution in [0, 0.1) is 6.92 Å². The van der Waals surface area contributed by atoms with Gasteiger partial charge >= 0.3 is 0 Å². The van der Waals surface area contributed by atoms with Crippen LogP contribution in [-0.2, 0) is 6.54 Å². The molecule has 0 unspecified atom stereocenters. The summed E-state index contributed by atoms with van der Waals surface area (Å²) >= 11 is 0. The van der Waals surface area contributed by atoms with Crippen molar-refractivity contribution in [1.82, 2.24) is 10.2 Å². The number of aryl methyl sites for hydroxylation is 1. The van der Waals surface area contributed by atoms with Gasteiger partial charge in [-0.3, -0.25) is 4.90 Å². The van der Waals surface area contributed by atoms with E-state index in [4.69, 9.17) is 4.74 Å². The highest BCUT2D eigenvalue weighted by Gasteiger charge is 2.19. The molecule has 100 valence electrons. The fourth-order valence-corrected chi connectivity index (χ4v) is 2.67. The Hall–Kier alpha value is -1.06. The third-order valence-electron chi connectivity index (χ3n) is 3.96. The van der Waals surface area contributed by atoms with Gasteiger partial charge in [0, 0.05) is 18.2 Å². The summed E-state index contributed by atoms with van der Waals surface area (Å²) < 4.78 is 5.47. The monoisotopic (exact) mass is 248 g/mol. The van der Waals surface area contributed by atoms with Gasteiger partial charge in [0.1, 0.15) is 5.75 Å². The van der Waals surface area contributed by atoms with Crippen molar-refractivity contribution in [2.24, 2.45) is 0 Å². The first-order valence-electron chi connectivity index (χ1n) is 6.76. The zero-order chi connectivity index (χ0) is 13.0. The minimum Gasteiger partial charge on any atom is -0.496 e. The van der Waals surface area contributed by atoms with Gasteiger partial charge in [0.2, 0.25) is 0 Å². The minimum absolute atomic E-state index is 0.694. The summed E-state index contributed by atoms with van der Waals surface area (Å²) in [5.74, 6) is 1.02. The molecular formula is C15H24N2O. The Kier molecular flexibility index (Phi) is 4.61. The van der Waals surface area contributed by atoms with E-state index in [1.165, 1.54) is 37.1 Å². The first-order chi connectivity index (χ1) is 8.74. The lowest BCUT2D eigenvalue weighted by Crippen LogP contribution is -2.40. The largest absolute Gasteiger partial charge is 0.496 e. The average Bonchev–Trinajstić information content (AvgIpc) is 2.42. The van der Waals surface area contributed by atoms with Crippen LogP contribution in [0.2, 0.25) is 0 Å². The number of rotatable bonds is 4. The lowest BCUT2D eigenvalue weighted by Gasteiger charge is -2.32. The summed E-state index contributed by atoms with van der Waals surface area (Å²) in [6.45, 7) is 5.51. The molecular weight excluding hydrogens is 224 g/mol. The van der Waals surface area contributed by atoms with Crippen LogP contribution in [0.5, 0.6) is 5.75 Å². The second-order valence-electron chi connectivity index (χ2n) is 5.09. The molecule has 1 aliphatic rings. The second-order valence-corrected chi connectivity index (χ2v) is 5.09. The van der Waals surface area contributed by atoms with Crippen molar-refractivity contribution >= 4 is 0 Å². The van der Waals surface area contributed by atoms with Gasteiger partial charge in [-0.25, -0.2) is 0 Å². The van der Waals surface area contributed by atoms with Crippen molar-refractivity contribution < 1.29 is 4.74 Å². The van der Waals surface area contributed by atoms with Crippen molar-refractivity contribution in [2.75, 3.05) is 27.2 Å². The van der Waals surface area contributed by atoms with Crippen LogP contribution in [-0.4, -0.2) is 38.2 Å². The molecule has 0 atom stereocenters. The van der Waals surface area contributed by atoms with E-state index in [0.29, 0.717) is 6.04 Å². The average molecular weight is 248 g/mol. The number of hydrogen-bond acceptors (Lipinski definition) is 3. The summed E-state index contributed by atoms with van der Waals surface area (Å²) in [6.07, 6.45) is 2.48. The molecule has 2 rings (SSSR count). The Bertz CT molecular complexity index is 384. The van der Waals surface area contributed by atoms with Gasteiger partial charge in [0.15, 0.2) is 0 Å². The van der Waals surface area contributed by atoms with Gasteiger partial charge in [0.25, 0.3) is 0 Å². The normalized spacial score (nSPS) is 17.9. The third kappa shape index (κ3) is 3.03. The second kappa shape index (κ2) is 6.21. The summed E-state index contributed by atoms with van der Waals surface area (Å²) in [6, 6.07) is 6.98. The fourth-order valence-electron chi connectivity index (χ4n) is 2.67. The number of ether oxygens (including phenoxy) is 1. The van der Waals surface area contributed by atoms with E-state index in [2.05, 4.69) is 42.4 Å². The van der Waals surface area contributed by atoms with E-state index >= 15 is 0 Å². The van der Waals surface area contributed by atoms with E-state index < -0.39 is 0 Å². The molecule has 0 spiro atoms. The molecule has 0 aromatic heterocycles. The predicted octanol–water partition coefficient (Wildman–Crippen LogP) is 2.19. The molecule has 1 fully saturated rings. The standard InChI is InChI=1S/C15H24N2O/c1-12-5-4-6-15(18-3)14(12)11-17-9-7-13(16-2)8-10-17/h4-6,13,16H,7-11H2,1-3H3. The molecule has 1 aromatic rings. The molecule has 1 heterocycles. The summed E-state index contributed by atoms with van der Waals surface area (Å²) in [5.41, 5.74) is 2.66. The fraction of sp³-hybridized carbons (Fsp3) is 0.600. The molecule has 0 saturated carbocycles. The van der Waals surface area contributed by atoms with Crippen molar-refractivity contribution in [3.8, 4) is 5.75 Å². The molecule has 1 aromatic carbocycles.